The van der Waals surface area contributed by atoms with Crippen LogP contribution in [0.3, 0.4) is 0 Å². The average molecular weight is 280 g/mol. The molecule has 1 aliphatic rings. The Morgan fingerprint density at radius 3 is 2.60 bits per heavy atom. The number of methoxy groups -OCH3 is 1. The molecule has 0 unspecified atom stereocenters. The molecule has 1 aliphatic heterocycles. The lowest BCUT2D eigenvalue weighted by atomic mass is 10.2. The zero-order chi connectivity index (χ0) is 14.6. The molecular weight excluding hydrogens is 260 g/mol. The summed E-state index contributed by atoms with van der Waals surface area (Å²) >= 11 is 0. The van der Waals surface area contributed by atoms with Crippen molar-refractivity contribution in [3.63, 3.8) is 0 Å². The predicted octanol–water partition coefficient (Wildman–Crippen LogP) is 1.93. The molecule has 0 aromatic heterocycles. The monoisotopic (exact) mass is 280 g/mol. The van der Waals surface area contributed by atoms with Crippen molar-refractivity contribution < 1.29 is 23.7 Å². The van der Waals surface area contributed by atoms with E-state index in [0.29, 0.717) is 13.2 Å². The number of hydrogen-bond acceptors (Lipinski definition) is 5. The smallest absolute Gasteiger partial charge is 0.163 e. The minimum absolute atomic E-state index is 0.341. The van der Waals surface area contributed by atoms with Crippen molar-refractivity contribution in [2.45, 2.75) is 38.4 Å². The molecule has 0 N–H and O–H groups in total. The first-order chi connectivity index (χ1) is 9.54. The van der Waals surface area contributed by atoms with Crippen LogP contribution >= 0.6 is 0 Å². The minimum atomic E-state index is -0.657. The number of ether oxygens (including phenoxy) is 4. The molecule has 0 spiro atoms. The molecule has 1 aromatic carbocycles. The van der Waals surface area contributed by atoms with Crippen LogP contribution in [0.2, 0.25) is 0 Å². The predicted molar refractivity (Wildman–Crippen MR) is 72.5 cm³/mol. The van der Waals surface area contributed by atoms with Crippen LogP contribution in [0, 0.1) is 0 Å². The summed E-state index contributed by atoms with van der Waals surface area (Å²) in [5.74, 6) is 0.130. The van der Waals surface area contributed by atoms with E-state index >= 15 is 0 Å². The number of hydrogen-bond donors (Lipinski definition) is 0. The van der Waals surface area contributed by atoms with Gasteiger partial charge in [0.2, 0.25) is 0 Å². The Morgan fingerprint density at radius 2 is 2.10 bits per heavy atom. The van der Waals surface area contributed by atoms with E-state index in [1.165, 1.54) is 0 Å². The Bertz CT molecular complexity index is 440. The number of benzene rings is 1. The third-order valence-electron chi connectivity index (χ3n) is 3.13. The molecule has 0 radical (unpaired) electrons. The number of aldehydes is 1. The summed E-state index contributed by atoms with van der Waals surface area (Å²) in [4.78, 5) is 11.1. The van der Waals surface area contributed by atoms with Gasteiger partial charge in [-0.05, 0) is 31.5 Å². The first-order valence-electron chi connectivity index (χ1n) is 6.55. The van der Waals surface area contributed by atoms with Crippen molar-refractivity contribution in [2.75, 3.05) is 13.7 Å². The van der Waals surface area contributed by atoms with Crippen LogP contribution in [0.1, 0.15) is 19.4 Å². The first kappa shape index (κ1) is 15.0. The summed E-state index contributed by atoms with van der Waals surface area (Å²) in [5, 5.41) is 0. The minimum Gasteiger partial charge on any atom is -0.497 e. The van der Waals surface area contributed by atoms with Gasteiger partial charge in [0.1, 0.15) is 18.0 Å². The molecule has 0 aliphatic carbocycles. The fraction of sp³-hybridized carbons (Fsp3) is 0.533. The second-order valence-corrected chi connectivity index (χ2v) is 5.13. The van der Waals surface area contributed by atoms with Crippen LogP contribution in [0.5, 0.6) is 5.75 Å². The third kappa shape index (κ3) is 3.79. The molecule has 110 valence electrons. The van der Waals surface area contributed by atoms with Crippen molar-refractivity contribution in [1.29, 1.82) is 0 Å². The van der Waals surface area contributed by atoms with E-state index in [-0.39, 0.29) is 6.10 Å². The molecule has 0 bridgehead atoms. The average Bonchev–Trinajstić information content (AvgIpc) is 2.80. The van der Waals surface area contributed by atoms with E-state index in [2.05, 4.69) is 0 Å². The summed E-state index contributed by atoms with van der Waals surface area (Å²) in [6.45, 7) is 4.34. The van der Waals surface area contributed by atoms with Gasteiger partial charge in [0.15, 0.2) is 12.1 Å². The SMILES string of the molecule is COc1ccc(CO[C@@H](C=O)[C@@H]2COC(C)(C)O2)cc1. The van der Waals surface area contributed by atoms with Gasteiger partial charge in [-0.15, -0.1) is 0 Å². The molecule has 1 aromatic rings. The topological polar surface area (TPSA) is 54.0 Å². The standard InChI is InChI=1S/C15H20O5/c1-15(2)19-10-14(20-15)13(8-16)18-9-11-4-6-12(17-3)7-5-11/h4-8,13-14H,9-10H2,1-3H3/t13-,14-/m0/s1. The second kappa shape index (κ2) is 6.35. The zero-order valence-corrected chi connectivity index (χ0v) is 12.0. The van der Waals surface area contributed by atoms with Gasteiger partial charge in [-0.2, -0.15) is 0 Å². The van der Waals surface area contributed by atoms with Gasteiger partial charge in [0, 0.05) is 0 Å². The van der Waals surface area contributed by atoms with E-state index in [1.54, 1.807) is 7.11 Å². The van der Waals surface area contributed by atoms with Crippen molar-refractivity contribution in [1.82, 2.24) is 0 Å². The molecule has 2 atom stereocenters. The van der Waals surface area contributed by atoms with Gasteiger partial charge in [-0.3, -0.25) is 0 Å². The fourth-order valence-electron chi connectivity index (χ4n) is 2.03. The number of rotatable bonds is 6. The van der Waals surface area contributed by atoms with Gasteiger partial charge in [-0.1, -0.05) is 12.1 Å². The van der Waals surface area contributed by atoms with Gasteiger partial charge >= 0.3 is 0 Å². The largest absolute Gasteiger partial charge is 0.497 e. The highest BCUT2D eigenvalue weighted by atomic mass is 16.7. The normalized spacial score (nSPS) is 22.4. The quantitative estimate of drug-likeness (QED) is 0.745. The van der Waals surface area contributed by atoms with Crippen molar-refractivity contribution in [3.05, 3.63) is 29.8 Å². The van der Waals surface area contributed by atoms with Gasteiger partial charge in [-0.25, -0.2) is 0 Å². The van der Waals surface area contributed by atoms with E-state index in [0.717, 1.165) is 17.6 Å². The van der Waals surface area contributed by atoms with Crippen molar-refractivity contribution >= 4 is 6.29 Å². The molecule has 5 nitrogen and oxygen atoms in total. The van der Waals surface area contributed by atoms with E-state index in [9.17, 15) is 4.79 Å². The first-order valence-corrected chi connectivity index (χ1v) is 6.55. The third-order valence-corrected chi connectivity index (χ3v) is 3.13. The number of carbonyl (C=O) groups excluding carboxylic acids is 1. The van der Waals surface area contributed by atoms with Crippen LogP contribution in [0.25, 0.3) is 0 Å². The number of carbonyl (C=O) groups is 1. The highest BCUT2D eigenvalue weighted by molar-refractivity contribution is 5.57. The van der Waals surface area contributed by atoms with Crippen molar-refractivity contribution in [2.24, 2.45) is 0 Å². The van der Waals surface area contributed by atoms with E-state index in [4.69, 9.17) is 18.9 Å². The Balaban J connectivity index is 1.89. The second-order valence-electron chi connectivity index (χ2n) is 5.13. The Kier molecular flexibility index (Phi) is 4.75. The summed E-state index contributed by atoms with van der Waals surface area (Å²) in [6, 6.07) is 7.51. The lowest BCUT2D eigenvalue weighted by Crippen LogP contribution is -2.34. The Morgan fingerprint density at radius 1 is 1.40 bits per heavy atom. The van der Waals surface area contributed by atoms with Crippen LogP contribution < -0.4 is 4.74 Å². The van der Waals surface area contributed by atoms with Crippen LogP contribution in [-0.2, 0) is 25.6 Å². The molecule has 1 fully saturated rings. The lowest BCUT2D eigenvalue weighted by molar-refractivity contribution is -0.160. The molecular formula is C15H20O5. The maximum absolute atomic E-state index is 11.1. The van der Waals surface area contributed by atoms with E-state index < -0.39 is 11.9 Å². The molecule has 0 amide bonds. The molecule has 1 heterocycles. The highest BCUT2D eigenvalue weighted by Gasteiger charge is 2.37. The Hall–Kier alpha value is -1.43. The summed E-state index contributed by atoms with van der Waals surface area (Å²) in [6.07, 6.45) is -0.224. The maximum Gasteiger partial charge on any atom is 0.163 e. The molecule has 5 heteroatoms. The highest BCUT2D eigenvalue weighted by Crippen LogP contribution is 2.25. The molecule has 2 rings (SSSR count). The van der Waals surface area contributed by atoms with Gasteiger partial charge in [0.05, 0.1) is 20.3 Å². The maximum atomic E-state index is 11.1. The summed E-state index contributed by atoms with van der Waals surface area (Å²) in [7, 11) is 1.62. The van der Waals surface area contributed by atoms with Crippen LogP contribution in [-0.4, -0.2) is 38.0 Å². The molecule has 1 saturated heterocycles. The summed E-state index contributed by atoms with van der Waals surface area (Å²) < 4.78 is 21.8. The lowest BCUT2D eigenvalue weighted by Gasteiger charge is -2.20. The van der Waals surface area contributed by atoms with Crippen LogP contribution in [0.15, 0.2) is 24.3 Å². The Labute approximate surface area is 118 Å². The van der Waals surface area contributed by atoms with Crippen molar-refractivity contribution in [3.8, 4) is 5.75 Å². The van der Waals surface area contributed by atoms with E-state index in [1.807, 2.05) is 38.1 Å². The molecule has 0 saturated carbocycles. The zero-order valence-electron chi connectivity index (χ0n) is 12.0. The fourth-order valence-corrected chi connectivity index (χ4v) is 2.03. The molecule has 20 heavy (non-hydrogen) atoms. The summed E-state index contributed by atoms with van der Waals surface area (Å²) in [5.41, 5.74) is 0.968. The van der Waals surface area contributed by atoms with Gasteiger partial charge in [0.25, 0.3) is 0 Å². The van der Waals surface area contributed by atoms with Gasteiger partial charge < -0.3 is 23.7 Å². The van der Waals surface area contributed by atoms with Crippen LogP contribution in [0.4, 0.5) is 0 Å².